The number of hydrogen-bond acceptors (Lipinski definition) is 2. The first-order valence-electron chi connectivity index (χ1n) is 7.95. The molecule has 0 radical (unpaired) electrons. The fourth-order valence-electron chi connectivity index (χ4n) is 2.56. The van der Waals surface area contributed by atoms with Crippen molar-refractivity contribution in [2.45, 2.75) is 13.3 Å². The number of anilines is 1. The van der Waals surface area contributed by atoms with Gasteiger partial charge in [0.15, 0.2) is 5.96 Å². The molecular formula is C16H23F3N4. The average Bonchev–Trinajstić information content (AvgIpc) is 2.57. The molecule has 0 saturated carbocycles. The van der Waals surface area contributed by atoms with Crippen LogP contribution in [0.4, 0.5) is 18.9 Å². The van der Waals surface area contributed by atoms with Crippen molar-refractivity contribution < 1.29 is 13.2 Å². The van der Waals surface area contributed by atoms with Gasteiger partial charge in [-0.3, -0.25) is 9.38 Å². The predicted octanol–water partition coefficient (Wildman–Crippen LogP) is 2.41. The Bertz CT molecular complexity index is 528. The second-order valence-electron chi connectivity index (χ2n) is 5.35. The maximum atomic E-state index is 13.8. The summed E-state index contributed by atoms with van der Waals surface area (Å²) < 4.78 is 39.4. The second kappa shape index (κ2) is 8.64. The number of guanidine groups is 1. The Kier molecular flexibility index (Phi) is 6.55. The number of nitrogens with zero attached hydrogens (tertiary/aromatic N) is 3. The average molecular weight is 328 g/mol. The number of hydrogen-bond donors (Lipinski definition) is 1. The molecule has 4 nitrogen and oxygen atoms in total. The molecule has 1 aromatic carbocycles. The molecule has 1 aliphatic rings. The van der Waals surface area contributed by atoms with Gasteiger partial charge >= 0.3 is 0 Å². The van der Waals surface area contributed by atoms with Crippen LogP contribution >= 0.6 is 0 Å². The number of alkyl halides is 1. The Morgan fingerprint density at radius 1 is 1.22 bits per heavy atom. The van der Waals surface area contributed by atoms with Crippen LogP contribution < -0.4 is 10.2 Å². The zero-order valence-electron chi connectivity index (χ0n) is 13.4. The van der Waals surface area contributed by atoms with E-state index in [2.05, 4.69) is 15.2 Å². The van der Waals surface area contributed by atoms with Gasteiger partial charge in [0.05, 0.1) is 12.4 Å². The Balaban J connectivity index is 1.98. The standard InChI is InChI=1S/C16H23F3N4/c1-2-20-16(21-7-3-6-17)23-10-8-22(9-11-23)15-12-13(18)4-5-14(15)19/h4-5,12H,2-3,6-11H2,1H3,(H,20,21). The smallest absolute Gasteiger partial charge is 0.194 e. The molecule has 7 heteroatoms. The van der Waals surface area contributed by atoms with Crippen LogP contribution in [0.2, 0.25) is 0 Å². The van der Waals surface area contributed by atoms with Crippen molar-refractivity contribution >= 4 is 11.6 Å². The van der Waals surface area contributed by atoms with Gasteiger partial charge < -0.3 is 15.1 Å². The first-order valence-corrected chi connectivity index (χ1v) is 7.95. The minimum absolute atomic E-state index is 0.295. The van der Waals surface area contributed by atoms with Crippen molar-refractivity contribution in [2.75, 3.05) is 50.8 Å². The summed E-state index contributed by atoms with van der Waals surface area (Å²) in [6, 6.07) is 3.50. The largest absolute Gasteiger partial charge is 0.366 e. The van der Waals surface area contributed by atoms with Crippen molar-refractivity contribution in [1.29, 1.82) is 0 Å². The zero-order valence-corrected chi connectivity index (χ0v) is 13.4. The van der Waals surface area contributed by atoms with Gasteiger partial charge in [-0.1, -0.05) is 0 Å². The summed E-state index contributed by atoms with van der Waals surface area (Å²) in [4.78, 5) is 8.29. The van der Waals surface area contributed by atoms with E-state index >= 15 is 0 Å². The fourth-order valence-corrected chi connectivity index (χ4v) is 2.56. The summed E-state index contributed by atoms with van der Waals surface area (Å²) in [5.41, 5.74) is 0.295. The third kappa shape index (κ3) is 4.77. The van der Waals surface area contributed by atoms with E-state index in [0.29, 0.717) is 44.8 Å². The van der Waals surface area contributed by atoms with E-state index in [1.807, 2.05) is 11.8 Å². The molecule has 0 aliphatic carbocycles. The van der Waals surface area contributed by atoms with Gasteiger partial charge in [0.2, 0.25) is 0 Å². The highest BCUT2D eigenvalue weighted by Crippen LogP contribution is 2.21. The summed E-state index contributed by atoms with van der Waals surface area (Å²) in [6.45, 7) is 5.22. The lowest BCUT2D eigenvalue weighted by Gasteiger charge is -2.37. The highest BCUT2D eigenvalue weighted by atomic mass is 19.1. The summed E-state index contributed by atoms with van der Waals surface area (Å²) in [7, 11) is 0. The molecule has 0 spiro atoms. The fraction of sp³-hybridized carbons (Fsp3) is 0.562. The van der Waals surface area contributed by atoms with Crippen LogP contribution in [-0.4, -0.2) is 56.8 Å². The van der Waals surface area contributed by atoms with Crippen LogP contribution in [0.3, 0.4) is 0 Å². The highest BCUT2D eigenvalue weighted by molar-refractivity contribution is 5.80. The number of piperazine rings is 1. The Morgan fingerprint density at radius 3 is 2.61 bits per heavy atom. The highest BCUT2D eigenvalue weighted by Gasteiger charge is 2.21. The summed E-state index contributed by atoms with van der Waals surface area (Å²) in [5, 5.41) is 3.19. The molecule has 1 aliphatic heterocycles. The molecule has 1 aromatic rings. The van der Waals surface area contributed by atoms with Gasteiger partial charge in [0.25, 0.3) is 0 Å². The lowest BCUT2D eigenvalue weighted by atomic mass is 10.2. The molecule has 0 atom stereocenters. The van der Waals surface area contributed by atoms with Crippen molar-refractivity contribution in [3.05, 3.63) is 29.8 Å². The second-order valence-corrected chi connectivity index (χ2v) is 5.35. The van der Waals surface area contributed by atoms with Crippen LogP contribution in [0.1, 0.15) is 13.3 Å². The molecule has 0 amide bonds. The molecule has 0 aromatic heterocycles. The Labute approximate surface area is 135 Å². The maximum absolute atomic E-state index is 13.8. The van der Waals surface area contributed by atoms with Gasteiger partial charge in [-0.2, -0.15) is 0 Å². The van der Waals surface area contributed by atoms with E-state index in [9.17, 15) is 13.2 Å². The van der Waals surface area contributed by atoms with E-state index in [4.69, 9.17) is 0 Å². The monoisotopic (exact) mass is 328 g/mol. The van der Waals surface area contributed by atoms with Crippen LogP contribution in [0, 0.1) is 11.6 Å². The van der Waals surface area contributed by atoms with Gasteiger partial charge in [-0.25, -0.2) is 8.78 Å². The first kappa shape index (κ1) is 17.4. The molecule has 1 saturated heterocycles. The van der Waals surface area contributed by atoms with Crippen LogP contribution in [-0.2, 0) is 0 Å². The minimum Gasteiger partial charge on any atom is -0.366 e. The molecule has 0 bridgehead atoms. The van der Waals surface area contributed by atoms with Gasteiger partial charge in [0.1, 0.15) is 11.6 Å². The van der Waals surface area contributed by atoms with Gasteiger partial charge in [0, 0.05) is 45.3 Å². The number of benzene rings is 1. The zero-order chi connectivity index (χ0) is 16.7. The van der Waals surface area contributed by atoms with E-state index < -0.39 is 11.6 Å². The van der Waals surface area contributed by atoms with Crippen LogP contribution in [0.15, 0.2) is 23.2 Å². The first-order chi connectivity index (χ1) is 11.2. The van der Waals surface area contributed by atoms with Crippen molar-refractivity contribution in [3.63, 3.8) is 0 Å². The molecule has 1 heterocycles. The molecule has 0 unspecified atom stereocenters. The Hall–Kier alpha value is -1.92. The van der Waals surface area contributed by atoms with Crippen molar-refractivity contribution in [3.8, 4) is 0 Å². The van der Waals surface area contributed by atoms with Gasteiger partial charge in [-0.15, -0.1) is 0 Å². The van der Waals surface area contributed by atoms with Crippen LogP contribution in [0.5, 0.6) is 0 Å². The summed E-state index contributed by atoms with van der Waals surface area (Å²) >= 11 is 0. The van der Waals surface area contributed by atoms with E-state index in [-0.39, 0.29) is 6.67 Å². The number of halogens is 3. The lowest BCUT2D eigenvalue weighted by Crippen LogP contribution is -2.52. The predicted molar refractivity (Wildman–Crippen MR) is 86.7 cm³/mol. The van der Waals surface area contributed by atoms with Crippen molar-refractivity contribution in [2.24, 2.45) is 4.99 Å². The molecule has 128 valence electrons. The number of aliphatic imine (C=N–C) groups is 1. The molecular weight excluding hydrogens is 305 g/mol. The van der Waals surface area contributed by atoms with E-state index in [1.54, 1.807) is 0 Å². The molecule has 1 N–H and O–H groups in total. The van der Waals surface area contributed by atoms with E-state index in [0.717, 1.165) is 24.6 Å². The quantitative estimate of drug-likeness (QED) is 0.512. The molecule has 1 fully saturated rings. The SMILES string of the molecule is CCNC(=NCCCF)N1CCN(c2cc(F)ccc2F)CC1. The van der Waals surface area contributed by atoms with Crippen LogP contribution in [0.25, 0.3) is 0 Å². The minimum atomic E-state index is -0.440. The third-order valence-corrected chi connectivity index (χ3v) is 3.72. The lowest BCUT2D eigenvalue weighted by molar-refractivity contribution is 0.370. The summed E-state index contributed by atoms with van der Waals surface area (Å²) in [6.07, 6.45) is 0.406. The third-order valence-electron chi connectivity index (χ3n) is 3.72. The molecule has 2 rings (SSSR count). The van der Waals surface area contributed by atoms with Crippen molar-refractivity contribution in [1.82, 2.24) is 10.2 Å². The Morgan fingerprint density at radius 2 is 1.96 bits per heavy atom. The maximum Gasteiger partial charge on any atom is 0.194 e. The number of nitrogens with one attached hydrogen (secondary N) is 1. The molecule has 23 heavy (non-hydrogen) atoms. The summed E-state index contributed by atoms with van der Waals surface area (Å²) in [5.74, 6) is -0.103. The van der Waals surface area contributed by atoms with Gasteiger partial charge in [-0.05, 0) is 25.5 Å². The number of rotatable bonds is 5. The van der Waals surface area contributed by atoms with E-state index in [1.165, 1.54) is 6.07 Å². The normalized spacial score (nSPS) is 15.9. The topological polar surface area (TPSA) is 30.9 Å².